The van der Waals surface area contributed by atoms with Gasteiger partial charge in [-0.25, -0.2) is 0 Å². The molecule has 0 bridgehead atoms. The van der Waals surface area contributed by atoms with Gasteiger partial charge in [-0.3, -0.25) is 0 Å². The molecule has 0 fully saturated rings. The van der Waals surface area contributed by atoms with Crippen molar-refractivity contribution in [3.05, 3.63) is 174 Å². The third kappa shape index (κ3) is 4.09. The van der Waals surface area contributed by atoms with Crippen molar-refractivity contribution >= 4 is 27.8 Å². The first-order valence-corrected chi connectivity index (χ1v) is 16.7. The van der Waals surface area contributed by atoms with Gasteiger partial charge in [-0.1, -0.05) is 143 Å². The molecule has 0 aromatic heterocycles. The molecule has 0 radical (unpaired) electrons. The second-order valence-electron chi connectivity index (χ2n) is 14.2. The van der Waals surface area contributed by atoms with E-state index in [4.69, 9.17) is 0 Å². The van der Waals surface area contributed by atoms with Gasteiger partial charge in [0.1, 0.15) is 0 Å². The Bertz CT molecular complexity index is 2360. The molecule has 1 nitrogen and oxygen atoms in total. The summed E-state index contributed by atoms with van der Waals surface area (Å²) in [5.41, 5.74) is 16.8. The molecule has 0 saturated carbocycles. The van der Waals surface area contributed by atoms with Gasteiger partial charge in [-0.15, -0.1) is 0 Å². The van der Waals surface area contributed by atoms with E-state index >= 15 is 0 Å². The third-order valence-electron chi connectivity index (χ3n) is 10.8. The minimum atomic E-state index is -0.133. The number of benzene rings is 7. The van der Waals surface area contributed by atoms with Gasteiger partial charge in [0, 0.05) is 22.2 Å². The number of hydrogen-bond donors (Lipinski definition) is 0. The maximum absolute atomic E-state index is 2.46. The molecule has 9 rings (SSSR count). The average Bonchev–Trinajstić information content (AvgIpc) is 3.48. The molecule has 0 spiro atoms. The van der Waals surface area contributed by atoms with E-state index in [9.17, 15) is 0 Å². The van der Waals surface area contributed by atoms with Crippen molar-refractivity contribution in [1.29, 1.82) is 0 Å². The normalized spacial score (nSPS) is 14.7. The van der Waals surface area contributed by atoms with Crippen LogP contribution in [0.3, 0.4) is 0 Å². The van der Waals surface area contributed by atoms with E-state index in [1.54, 1.807) is 0 Å². The first-order chi connectivity index (χ1) is 22.8. The van der Waals surface area contributed by atoms with Crippen LogP contribution in [0.1, 0.15) is 49.9 Å². The smallest absolute Gasteiger partial charge is 0.0508 e. The lowest BCUT2D eigenvalue weighted by molar-refractivity contribution is 0.660. The highest BCUT2D eigenvalue weighted by atomic mass is 15.1. The summed E-state index contributed by atoms with van der Waals surface area (Å²) in [5.74, 6) is 0. The molecule has 2 aliphatic carbocycles. The Kier molecular flexibility index (Phi) is 5.96. The van der Waals surface area contributed by atoms with Gasteiger partial charge in [0.2, 0.25) is 0 Å². The summed E-state index contributed by atoms with van der Waals surface area (Å²) in [4.78, 5) is 2.46. The van der Waals surface area contributed by atoms with Gasteiger partial charge in [-0.2, -0.15) is 0 Å². The van der Waals surface area contributed by atoms with E-state index in [0.717, 1.165) is 11.4 Å². The predicted molar refractivity (Wildman–Crippen MR) is 199 cm³/mol. The summed E-state index contributed by atoms with van der Waals surface area (Å²) in [6.45, 7) is 9.42. The van der Waals surface area contributed by atoms with E-state index in [0.29, 0.717) is 0 Å². The van der Waals surface area contributed by atoms with Crippen LogP contribution in [0.5, 0.6) is 0 Å². The molecule has 0 atom stereocenters. The highest BCUT2D eigenvalue weighted by Gasteiger charge is 2.39. The first kappa shape index (κ1) is 27.9. The van der Waals surface area contributed by atoms with E-state index in [1.165, 1.54) is 72.1 Å². The Balaban J connectivity index is 1.19. The molecule has 1 heteroatoms. The molecule has 47 heavy (non-hydrogen) atoms. The Morgan fingerprint density at radius 2 is 0.957 bits per heavy atom. The molecule has 7 aromatic carbocycles. The summed E-state index contributed by atoms with van der Waals surface area (Å²) in [6.07, 6.45) is 0. The van der Waals surface area contributed by atoms with E-state index in [-0.39, 0.29) is 10.8 Å². The summed E-state index contributed by atoms with van der Waals surface area (Å²) in [5, 5.41) is 2.49. The average molecular weight is 604 g/mol. The van der Waals surface area contributed by atoms with Gasteiger partial charge in [-0.05, 0) is 103 Å². The van der Waals surface area contributed by atoms with E-state index < -0.39 is 0 Å². The molecule has 0 amide bonds. The molecule has 226 valence electrons. The van der Waals surface area contributed by atoms with Crippen molar-refractivity contribution in [3.8, 4) is 33.4 Å². The fraction of sp³-hybridized carbons (Fsp3) is 0.130. The molecule has 0 saturated heterocycles. The van der Waals surface area contributed by atoms with Crippen molar-refractivity contribution in [1.82, 2.24) is 0 Å². The van der Waals surface area contributed by atoms with Crippen molar-refractivity contribution in [2.45, 2.75) is 38.5 Å². The minimum Gasteiger partial charge on any atom is -0.310 e. The van der Waals surface area contributed by atoms with Crippen LogP contribution >= 0.6 is 0 Å². The highest BCUT2D eigenvalue weighted by Crippen LogP contribution is 2.54. The number of anilines is 3. The van der Waals surface area contributed by atoms with Crippen LogP contribution in [-0.4, -0.2) is 0 Å². The Hall–Kier alpha value is -5.40. The van der Waals surface area contributed by atoms with Gasteiger partial charge < -0.3 is 4.90 Å². The summed E-state index contributed by atoms with van der Waals surface area (Å²) in [7, 11) is 0. The van der Waals surface area contributed by atoms with Crippen LogP contribution in [-0.2, 0) is 10.8 Å². The maximum Gasteiger partial charge on any atom is 0.0508 e. The Morgan fingerprint density at radius 3 is 1.72 bits per heavy atom. The standard InChI is InChI=1S/C46H37N/c1-45(2)40-17-9-8-15-37(40)39-29-33(23-27-42(39)45)31-20-24-34(25-21-31)47(35-26-22-30-12-5-6-13-32(30)28-35)43-19-11-16-38-36-14-7-10-18-41(36)46(3,4)44(38)43/h5-29H,1-4H3. The zero-order valence-corrected chi connectivity index (χ0v) is 27.4. The van der Waals surface area contributed by atoms with Crippen LogP contribution in [0, 0.1) is 0 Å². The fourth-order valence-electron chi connectivity index (χ4n) is 8.45. The van der Waals surface area contributed by atoms with Crippen LogP contribution in [0.4, 0.5) is 17.1 Å². The predicted octanol–water partition coefficient (Wildman–Crippen LogP) is 12.6. The minimum absolute atomic E-state index is 0.0120. The van der Waals surface area contributed by atoms with Crippen molar-refractivity contribution in [2.75, 3.05) is 4.90 Å². The van der Waals surface area contributed by atoms with Gasteiger partial charge in [0.15, 0.2) is 0 Å². The first-order valence-electron chi connectivity index (χ1n) is 16.7. The number of hydrogen-bond acceptors (Lipinski definition) is 1. The zero-order valence-electron chi connectivity index (χ0n) is 27.4. The Labute approximate surface area is 277 Å². The topological polar surface area (TPSA) is 3.24 Å². The van der Waals surface area contributed by atoms with Gasteiger partial charge in [0.05, 0.1) is 5.69 Å². The van der Waals surface area contributed by atoms with E-state index in [2.05, 4.69) is 184 Å². The molecular formula is C46H37N. The van der Waals surface area contributed by atoms with Crippen LogP contribution in [0.25, 0.3) is 44.2 Å². The largest absolute Gasteiger partial charge is 0.310 e. The molecule has 7 aromatic rings. The zero-order chi connectivity index (χ0) is 31.9. The molecule has 0 unspecified atom stereocenters. The number of nitrogens with zero attached hydrogens (tertiary/aromatic N) is 1. The quantitative estimate of drug-likeness (QED) is 0.193. The summed E-state index contributed by atoms with van der Waals surface area (Å²) >= 11 is 0. The SMILES string of the molecule is CC1(C)c2ccccc2-c2cc(-c3ccc(N(c4ccc5ccccc5c4)c4cccc5c4C(C)(C)c4ccccc4-5)cc3)ccc21. The number of fused-ring (bicyclic) bond motifs is 7. The van der Waals surface area contributed by atoms with Crippen LogP contribution < -0.4 is 4.90 Å². The van der Waals surface area contributed by atoms with Crippen molar-refractivity contribution < 1.29 is 0 Å². The maximum atomic E-state index is 2.46. The summed E-state index contributed by atoms with van der Waals surface area (Å²) < 4.78 is 0. The monoisotopic (exact) mass is 603 g/mol. The van der Waals surface area contributed by atoms with Crippen molar-refractivity contribution in [3.63, 3.8) is 0 Å². The van der Waals surface area contributed by atoms with Crippen LogP contribution in [0.2, 0.25) is 0 Å². The molecule has 0 N–H and O–H groups in total. The highest BCUT2D eigenvalue weighted by molar-refractivity contribution is 5.94. The Morgan fingerprint density at radius 1 is 0.383 bits per heavy atom. The van der Waals surface area contributed by atoms with Crippen LogP contribution in [0.15, 0.2) is 152 Å². The summed E-state index contributed by atoms with van der Waals surface area (Å²) in [6, 6.07) is 56.3. The van der Waals surface area contributed by atoms with E-state index in [1.807, 2.05) is 0 Å². The second-order valence-corrected chi connectivity index (χ2v) is 14.2. The molecule has 0 aliphatic heterocycles. The lowest BCUT2D eigenvalue weighted by Gasteiger charge is -2.32. The fourth-order valence-corrected chi connectivity index (χ4v) is 8.45. The van der Waals surface area contributed by atoms with Crippen molar-refractivity contribution in [2.24, 2.45) is 0 Å². The molecule has 2 aliphatic rings. The molecular weight excluding hydrogens is 567 g/mol. The third-order valence-corrected chi connectivity index (χ3v) is 10.8. The second kappa shape index (κ2) is 10.0. The lowest BCUT2D eigenvalue weighted by atomic mass is 9.81. The van der Waals surface area contributed by atoms with Gasteiger partial charge in [0.25, 0.3) is 0 Å². The molecule has 0 heterocycles. The lowest BCUT2D eigenvalue weighted by Crippen LogP contribution is -2.20. The van der Waals surface area contributed by atoms with Gasteiger partial charge >= 0.3 is 0 Å². The number of rotatable bonds is 4.